The van der Waals surface area contributed by atoms with Crippen molar-refractivity contribution >= 4 is 21.6 Å². The number of allylic oxidation sites excluding steroid dienone is 4. The molecule has 2 atom stereocenters. The Morgan fingerprint density at radius 2 is 1.92 bits per heavy atom. The van der Waals surface area contributed by atoms with Gasteiger partial charge >= 0.3 is 0 Å². The van der Waals surface area contributed by atoms with E-state index in [9.17, 15) is 10.1 Å². The second kappa shape index (κ2) is 5.67. The standard InChI is InChI=1S/C21H18BrNO2/c1-21(2)18-11-13(15-5-3-4-6-20(15)23(24)25)7-9-16(18)17-10-8-14(22)12-19(17)21/h3-12,17,19H,1-2H3. The highest BCUT2D eigenvalue weighted by atomic mass is 79.9. The lowest BCUT2D eigenvalue weighted by Gasteiger charge is -2.30. The molecular weight excluding hydrogens is 378 g/mol. The summed E-state index contributed by atoms with van der Waals surface area (Å²) < 4.78 is 1.12. The Kier molecular flexibility index (Phi) is 3.69. The van der Waals surface area contributed by atoms with Gasteiger partial charge in [0, 0.05) is 16.5 Å². The zero-order chi connectivity index (χ0) is 17.8. The van der Waals surface area contributed by atoms with Gasteiger partial charge in [0.25, 0.3) is 5.69 Å². The number of nitro benzene ring substituents is 1. The van der Waals surface area contributed by atoms with Crippen molar-refractivity contribution in [1.29, 1.82) is 0 Å². The van der Waals surface area contributed by atoms with Crippen molar-refractivity contribution in [3.63, 3.8) is 0 Å². The van der Waals surface area contributed by atoms with Crippen LogP contribution in [0.3, 0.4) is 0 Å². The van der Waals surface area contributed by atoms with Crippen molar-refractivity contribution in [2.24, 2.45) is 5.92 Å². The minimum atomic E-state index is -0.309. The number of fused-ring (bicyclic) bond motifs is 3. The number of nitrogens with zero attached hydrogens (tertiary/aromatic N) is 1. The third-order valence-electron chi connectivity index (χ3n) is 5.54. The van der Waals surface area contributed by atoms with E-state index in [2.05, 4.69) is 60.1 Å². The van der Waals surface area contributed by atoms with Gasteiger partial charge in [0.15, 0.2) is 0 Å². The zero-order valence-corrected chi connectivity index (χ0v) is 15.7. The first kappa shape index (κ1) is 16.3. The molecule has 2 aromatic rings. The van der Waals surface area contributed by atoms with E-state index < -0.39 is 0 Å². The summed E-state index contributed by atoms with van der Waals surface area (Å²) in [6, 6.07) is 13.3. The van der Waals surface area contributed by atoms with Gasteiger partial charge in [-0.05, 0) is 34.1 Å². The highest BCUT2D eigenvalue weighted by Crippen LogP contribution is 2.54. The Labute approximate surface area is 155 Å². The van der Waals surface area contributed by atoms with Crippen molar-refractivity contribution in [2.45, 2.75) is 25.2 Å². The van der Waals surface area contributed by atoms with Crippen molar-refractivity contribution in [3.8, 4) is 11.1 Å². The van der Waals surface area contributed by atoms with Crippen LogP contribution in [0, 0.1) is 16.0 Å². The summed E-state index contributed by atoms with van der Waals surface area (Å²) in [5.41, 5.74) is 4.31. The lowest BCUT2D eigenvalue weighted by Crippen LogP contribution is -2.25. The summed E-state index contributed by atoms with van der Waals surface area (Å²) in [6.45, 7) is 4.52. The molecule has 0 aromatic heterocycles. The molecule has 0 fully saturated rings. The van der Waals surface area contributed by atoms with Crippen molar-refractivity contribution in [3.05, 3.63) is 86.4 Å². The first-order chi connectivity index (χ1) is 11.9. The van der Waals surface area contributed by atoms with Crippen LogP contribution in [0.2, 0.25) is 0 Å². The summed E-state index contributed by atoms with van der Waals surface area (Å²) in [7, 11) is 0. The number of para-hydroxylation sites is 1. The van der Waals surface area contributed by atoms with Gasteiger partial charge in [-0.2, -0.15) is 0 Å². The Balaban J connectivity index is 1.87. The molecule has 126 valence electrons. The van der Waals surface area contributed by atoms with Crippen molar-refractivity contribution in [2.75, 3.05) is 0 Å². The van der Waals surface area contributed by atoms with Gasteiger partial charge in [0.2, 0.25) is 0 Å². The molecule has 0 aliphatic heterocycles. The molecule has 2 aliphatic carbocycles. The molecule has 0 heterocycles. The molecule has 2 aliphatic rings. The summed E-state index contributed by atoms with van der Waals surface area (Å²) in [4.78, 5) is 11.1. The summed E-state index contributed by atoms with van der Waals surface area (Å²) >= 11 is 3.60. The van der Waals surface area contributed by atoms with Gasteiger partial charge in [0.05, 0.1) is 10.5 Å². The highest BCUT2D eigenvalue weighted by Gasteiger charge is 2.45. The largest absolute Gasteiger partial charge is 0.277 e. The molecule has 0 spiro atoms. The predicted octanol–water partition coefficient (Wildman–Crippen LogP) is 6.10. The molecule has 4 heteroatoms. The molecule has 4 rings (SSSR count). The van der Waals surface area contributed by atoms with Gasteiger partial charge in [0.1, 0.15) is 0 Å². The highest BCUT2D eigenvalue weighted by molar-refractivity contribution is 9.11. The molecule has 0 radical (unpaired) electrons. The first-order valence-electron chi connectivity index (χ1n) is 8.33. The van der Waals surface area contributed by atoms with Crippen LogP contribution in [0.25, 0.3) is 11.1 Å². The van der Waals surface area contributed by atoms with E-state index in [1.807, 2.05) is 18.2 Å². The third-order valence-corrected chi connectivity index (χ3v) is 6.07. The second-order valence-corrected chi connectivity index (χ2v) is 8.18. The number of rotatable bonds is 2. The van der Waals surface area contributed by atoms with E-state index in [1.54, 1.807) is 12.1 Å². The van der Waals surface area contributed by atoms with E-state index in [4.69, 9.17) is 0 Å². The number of nitro groups is 1. The molecule has 0 N–H and O–H groups in total. The Morgan fingerprint density at radius 3 is 2.68 bits per heavy atom. The zero-order valence-electron chi connectivity index (χ0n) is 14.1. The lowest BCUT2D eigenvalue weighted by atomic mass is 9.74. The fraction of sp³-hybridized carbons (Fsp3) is 0.238. The number of hydrogen-bond donors (Lipinski definition) is 0. The molecule has 0 saturated carbocycles. The summed E-state index contributed by atoms with van der Waals surface area (Å²) in [6.07, 6.45) is 6.66. The second-order valence-electron chi connectivity index (χ2n) is 7.26. The topological polar surface area (TPSA) is 43.1 Å². The lowest BCUT2D eigenvalue weighted by molar-refractivity contribution is -0.384. The summed E-state index contributed by atoms with van der Waals surface area (Å²) in [5.74, 6) is 0.758. The van der Waals surface area contributed by atoms with Gasteiger partial charge < -0.3 is 0 Å². The molecule has 0 saturated heterocycles. The number of benzene rings is 2. The fourth-order valence-corrected chi connectivity index (χ4v) is 4.67. The molecule has 3 nitrogen and oxygen atoms in total. The van der Waals surface area contributed by atoms with Gasteiger partial charge in [-0.25, -0.2) is 0 Å². The van der Waals surface area contributed by atoms with E-state index in [1.165, 1.54) is 11.1 Å². The van der Waals surface area contributed by atoms with E-state index >= 15 is 0 Å². The normalized spacial score (nSPS) is 22.9. The van der Waals surface area contributed by atoms with Crippen LogP contribution in [0.5, 0.6) is 0 Å². The van der Waals surface area contributed by atoms with Gasteiger partial charge in [-0.1, -0.05) is 78.3 Å². The molecule has 25 heavy (non-hydrogen) atoms. The average Bonchev–Trinajstić information content (AvgIpc) is 2.82. The van der Waals surface area contributed by atoms with Gasteiger partial charge in [-0.15, -0.1) is 0 Å². The van der Waals surface area contributed by atoms with Gasteiger partial charge in [-0.3, -0.25) is 10.1 Å². The van der Waals surface area contributed by atoms with Crippen LogP contribution in [0.1, 0.15) is 30.9 Å². The van der Waals surface area contributed by atoms with Crippen LogP contribution in [-0.2, 0) is 5.41 Å². The minimum Gasteiger partial charge on any atom is -0.258 e. The van der Waals surface area contributed by atoms with Crippen molar-refractivity contribution < 1.29 is 4.92 Å². The van der Waals surface area contributed by atoms with Crippen LogP contribution >= 0.6 is 15.9 Å². The first-order valence-corrected chi connectivity index (χ1v) is 9.12. The smallest absolute Gasteiger partial charge is 0.258 e. The molecule has 2 unspecified atom stereocenters. The Bertz CT molecular complexity index is 943. The van der Waals surface area contributed by atoms with Crippen molar-refractivity contribution in [1.82, 2.24) is 0 Å². The Morgan fingerprint density at radius 1 is 1.16 bits per heavy atom. The molecule has 2 aromatic carbocycles. The summed E-state index contributed by atoms with van der Waals surface area (Å²) in [5, 5.41) is 11.4. The fourth-order valence-electron chi connectivity index (χ4n) is 4.23. The number of hydrogen-bond acceptors (Lipinski definition) is 2. The predicted molar refractivity (Wildman–Crippen MR) is 104 cm³/mol. The maximum atomic E-state index is 11.4. The van der Waals surface area contributed by atoms with E-state index in [0.717, 1.165) is 10.0 Å². The van der Waals surface area contributed by atoms with E-state index in [0.29, 0.717) is 17.4 Å². The Hall–Kier alpha value is -2.20. The SMILES string of the molecule is CC1(C)c2cc(-c3ccccc3[N+](=O)[O-])ccc2C2C=CC(Br)=CC21. The minimum absolute atomic E-state index is 0.0245. The maximum Gasteiger partial charge on any atom is 0.277 e. The third kappa shape index (κ3) is 2.47. The van der Waals surface area contributed by atoms with Crippen LogP contribution in [0.15, 0.2) is 65.2 Å². The van der Waals surface area contributed by atoms with Crippen LogP contribution in [-0.4, -0.2) is 4.92 Å². The maximum absolute atomic E-state index is 11.4. The van der Waals surface area contributed by atoms with E-state index in [-0.39, 0.29) is 16.0 Å². The van der Waals surface area contributed by atoms with Crippen LogP contribution in [0.4, 0.5) is 5.69 Å². The molecule has 0 bridgehead atoms. The monoisotopic (exact) mass is 395 g/mol. The average molecular weight is 396 g/mol. The number of halogens is 1. The van der Waals surface area contributed by atoms with Crippen LogP contribution < -0.4 is 0 Å². The molecule has 0 amide bonds. The quantitative estimate of drug-likeness (QED) is 0.455. The molecular formula is C21H18BrNO2.